The topological polar surface area (TPSA) is 81.4 Å². The normalized spacial score (nSPS) is 11.7. The van der Waals surface area contributed by atoms with Gasteiger partial charge in [0, 0.05) is 16.6 Å². The molecule has 0 aliphatic heterocycles. The first kappa shape index (κ1) is 16.5. The standard InChI is InChI=1S/C20H18N2O3/c1-13(20(24)22-16-11-9-15(10-12-16)19(21)23)25-18-8-4-6-14-5-2-3-7-17(14)18/h2-13H,1H3,(H2,21,23)(H,22,24)/t13-/m1/s1. The molecule has 3 aromatic carbocycles. The molecule has 0 aromatic heterocycles. The minimum atomic E-state index is -0.679. The first-order valence-electron chi connectivity index (χ1n) is 7.90. The van der Waals surface area contributed by atoms with E-state index in [2.05, 4.69) is 5.32 Å². The Bertz CT molecular complexity index is 914. The number of carbonyl (C=O) groups is 2. The average molecular weight is 334 g/mol. The van der Waals surface area contributed by atoms with Gasteiger partial charge in [0.1, 0.15) is 5.75 Å². The van der Waals surface area contributed by atoms with Gasteiger partial charge >= 0.3 is 0 Å². The number of hydrogen-bond acceptors (Lipinski definition) is 3. The van der Waals surface area contributed by atoms with Gasteiger partial charge in [-0.3, -0.25) is 9.59 Å². The van der Waals surface area contributed by atoms with Crippen LogP contribution in [0.4, 0.5) is 5.69 Å². The molecule has 3 aromatic rings. The van der Waals surface area contributed by atoms with Gasteiger partial charge in [-0.05, 0) is 42.6 Å². The number of benzene rings is 3. The van der Waals surface area contributed by atoms with Crippen molar-refractivity contribution < 1.29 is 14.3 Å². The molecular formula is C20H18N2O3. The summed E-state index contributed by atoms with van der Waals surface area (Å²) < 4.78 is 5.84. The number of carbonyl (C=O) groups excluding carboxylic acids is 2. The number of anilines is 1. The van der Waals surface area contributed by atoms with Gasteiger partial charge < -0.3 is 15.8 Å². The average Bonchev–Trinajstić information content (AvgIpc) is 2.62. The highest BCUT2D eigenvalue weighted by atomic mass is 16.5. The zero-order valence-electron chi connectivity index (χ0n) is 13.7. The minimum Gasteiger partial charge on any atom is -0.480 e. The number of fused-ring (bicyclic) bond motifs is 1. The predicted octanol–water partition coefficient (Wildman–Crippen LogP) is 3.34. The molecule has 0 unspecified atom stereocenters. The van der Waals surface area contributed by atoms with E-state index in [1.807, 2.05) is 42.5 Å². The lowest BCUT2D eigenvalue weighted by Gasteiger charge is -2.16. The third kappa shape index (κ3) is 3.77. The number of rotatable bonds is 5. The fourth-order valence-corrected chi connectivity index (χ4v) is 2.50. The molecule has 0 saturated heterocycles. The van der Waals surface area contributed by atoms with Gasteiger partial charge in [0.15, 0.2) is 6.10 Å². The largest absolute Gasteiger partial charge is 0.480 e. The maximum Gasteiger partial charge on any atom is 0.265 e. The van der Waals surface area contributed by atoms with Crippen molar-refractivity contribution in [3.8, 4) is 5.75 Å². The lowest BCUT2D eigenvalue weighted by atomic mass is 10.1. The van der Waals surface area contributed by atoms with Crippen LogP contribution in [-0.2, 0) is 4.79 Å². The van der Waals surface area contributed by atoms with E-state index >= 15 is 0 Å². The highest BCUT2D eigenvalue weighted by molar-refractivity contribution is 5.96. The van der Waals surface area contributed by atoms with E-state index in [1.54, 1.807) is 31.2 Å². The summed E-state index contributed by atoms with van der Waals surface area (Å²) in [6.45, 7) is 1.69. The second-order valence-corrected chi connectivity index (χ2v) is 5.67. The van der Waals surface area contributed by atoms with E-state index in [4.69, 9.17) is 10.5 Å². The molecular weight excluding hydrogens is 316 g/mol. The van der Waals surface area contributed by atoms with Gasteiger partial charge in [-0.15, -0.1) is 0 Å². The van der Waals surface area contributed by atoms with E-state index in [9.17, 15) is 9.59 Å². The van der Waals surface area contributed by atoms with Crippen LogP contribution < -0.4 is 15.8 Å². The summed E-state index contributed by atoms with van der Waals surface area (Å²) in [6.07, 6.45) is -0.679. The Balaban J connectivity index is 1.71. The van der Waals surface area contributed by atoms with Crippen LogP contribution in [0.5, 0.6) is 5.75 Å². The van der Waals surface area contributed by atoms with Crippen LogP contribution in [0.2, 0.25) is 0 Å². The summed E-state index contributed by atoms with van der Waals surface area (Å²) in [4.78, 5) is 23.4. The molecule has 25 heavy (non-hydrogen) atoms. The third-order valence-electron chi connectivity index (χ3n) is 3.86. The van der Waals surface area contributed by atoms with Crippen LogP contribution in [0.25, 0.3) is 10.8 Å². The van der Waals surface area contributed by atoms with Gasteiger partial charge in [-0.1, -0.05) is 36.4 Å². The number of ether oxygens (including phenoxy) is 1. The zero-order chi connectivity index (χ0) is 17.8. The van der Waals surface area contributed by atoms with Crippen molar-refractivity contribution in [1.82, 2.24) is 0 Å². The second-order valence-electron chi connectivity index (χ2n) is 5.67. The fourth-order valence-electron chi connectivity index (χ4n) is 2.50. The highest BCUT2D eigenvalue weighted by Gasteiger charge is 2.16. The van der Waals surface area contributed by atoms with Crippen LogP contribution in [0.3, 0.4) is 0 Å². The Kier molecular flexibility index (Phi) is 4.66. The number of amides is 2. The summed E-state index contributed by atoms with van der Waals surface area (Å²) in [5.74, 6) is -0.130. The Hall–Kier alpha value is -3.34. The summed E-state index contributed by atoms with van der Waals surface area (Å²) >= 11 is 0. The molecule has 0 fully saturated rings. The van der Waals surface area contributed by atoms with Crippen LogP contribution in [0, 0.1) is 0 Å². The summed E-state index contributed by atoms with van der Waals surface area (Å²) in [5, 5.41) is 4.76. The number of hydrogen-bond donors (Lipinski definition) is 2. The molecule has 0 spiro atoms. The van der Waals surface area contributed by atoms with Crippen LogP contribution in [0.1, 0.15) is 17.3 Å². The molecule has 3 rings (SSSR count). The van der Waals surface area contributed by atoms with Crippen LogP contribution >= 0.6 is 0 Å². The molecule has 0 saturated carbocycles. The molecule has 0 radical (unpaired) electrons. The molecule has 126 valence electrons. The molecule has 1 atom stereocenters. The second kappa shape index (κ2) is 7.05. The first-order chi connectivity index (χ1) is 12.0. The molecule has 3 N–H and O–H groups in total. The Morgan fingerprint density at radius 2 is 1.64 bits per heavy atom. The highest BCUT2D eigenvalue weighted by Crippen LogP contribution is 2.26. The minimum absolute atomic E-state index is 0.278. The lowest BCUT2D eigenvalue weighted by Crippen LogP contribution is -2.30. The molecule has 0 aliphatic rings. The van der Waals surface area contributed by atoms with Crippen molar-refractivity contribution in [2.24, 2.45) is 5.73 Å². The third-order valence-corrected chi connectivity index (χ3v) is 3.86. The van der Waals surface area contributed by atoms with E-state index < -0.39 is 12.0 Å². The quantitative estimate of drug-likeness (QED) is 0.751. The van der Waals surface area contributed by atoms with E-state index in [0.29, 0.717) is 17.0 Å². The van der Waals surface area contributed by atoms with Crippen molar-refractivity contribution in [3.63, 3.8) is 0 Å². The molecule has 2 amide bonds. The van der Waals surface area contributed by atoms with Crippen molar-refractivity contribution in [3.05, 3.63) is 72.3 Å². The van der Waals surface area contributed by atoms with Crippen LogP contribution in [-0.4, -0.2) is 17.9 Å². The summed E-state index contributed by atoms with van der Waals surface area (Å²) in [5.41, 5.74) is 6.16. The van der Waals surface area contributed by atoms with Crippen LogP contribution in [0.15, 0.2) is 66.7 Å². The maximum absolute atomic E-state index is 12.3. The Morgan fingerprint density at radius 1 is 0.960 bits per heavy atom. The summed E-state index contributed by atoms with van der Waals surface area (Å²) in [6, 6.07) is 19.9. The Labute approximate surface area is 145 Å². The summed E-state index contributed by atoms with van der Waals surface area (Å²) in [7, 11) is 0. The van der Waals surface area contributed by atoms with Gasteiger partial charge in [0.05, 0.1) is 0 Å². The number of primary amides is 1. The monoisotopic (exact) mass is 334 g/mol. The van der Waals surface area contributed by atoms with Crippen molar-refractivity contribution in [2.75, 3.05) is 5.32 Å². The van der Waals surface area contributed by atoms with Crippen molar-refractivity contribution in [2.45, 2.75) is 13.0 Å². The molecule has 0 heterocycles. The maximum atomic E-state index is 12.3. The molecule has 5 nitrogen and oxygen atoms in total. The van der Waals surface area contributed by atoms with Gasteiger partial charge in [0.2, 0.25) is 5.91 Å². The van der Waals surface area contributed by atoms with Crippen molar-refractivity contribution in [1.29, 1.82) is 0 Å². The van der Waals surface area contributed by atoms with E-state index in [1.165, 1.54) is 0 Å². The molecule has 0 aliphatic carbocycles. The van der Waals surface area contributed by atoms with E-state index in [-0.39, 0.29) is 5.91 Å². The molecule has 0 bridgehead atoms. The zero-order valence-corrected chi connectivity index (χ0v) is 13.7. The lowest BCUT2D eigenvalue weighted by molar-refractivity contribution is -0.122. The smallest absolute Gasteiger partial charge is 0.265 e. The van der Waals surface area contributed by atoms with E-state index in [0.717, 1.165) is 10.8 Å². The van der Waals surface area contributed by atoms with Gasteiger partial charge in [-0.25, -0.2) is 0 Å². The Morgan fingerprint density at radius 3 is 2.36 bits per heavy atom. The predicted molar refractivity (Wildman–Crippen MR) is 97.6 cm³/mol. The van der Waals surface area contributed by atoms with Gasteiger partial charge in [0.25, 0.3) is 5.91 Å². The number of nitrogens with two attached hydrogens (primary N) is 1. The first-order valence-corrected chi connectivity index (χ1v) is 7.90. The fraction of sp³-hybridized carbons (Fsp3) is 0.100. The number of nitrogens with one attached hydrogen (secondary N) is 1. The van der Waals surface area contributed by atoms with Crippen molar-refractivity contribution >= 4 is 28.3 Å². The SMILES string of the molecule is C[C@@H](Oc1cccc2ccccc12)C(=O)Nc1ccc(C(N)=O)cc1. The molecule has 5 heteroatoms. The van der Waals surface area contributed by atoms with Gasteiger partial charge in [-0.2, -0.15) is 0 Å².